The van der Waals surface area contributed by atoms with Gasteiger partial charge in [-0.15, -0.1) is 0 Å². The van der Waals surface area contributed by atoms with E-state index in [1.165, 1.54) is 0 Å². The van der Waals surface area contributed by atoms with Gasteiger partial charge in [0.25, 0.3) is 5.91 Å². The number of hydrogen-bond donors (Lipinski definition) is 0. The van der Waals surface area contributed by atoms with Gasteiger partial charge in [0.05, 0.1) is 17.8 Å². The third kappa shape index (κ3) is 3.76. The number of nitrogens with zero attached hydrogens (tertiary/aromatic N) is 2. The summed E-state index contributed by atoms with van der Waals surface area (Å²) in [5.41, 5.74) is 1.55. The lowest BCUT2D eigenvalue weighted by Gasteiger charge is -2.17. The number of halogens is 2. The highest BCUT2D eigenvalue weighted by atomic mass is 127. The van der Waals surface area contributed by atoms with E-state index in [2.05, 4.69) is 43.5 Å². The first-order valence-corrected chi connectivity index (χ1v) is 7.55. The molecule has 1 aromatic heterocycles. The molecule has 3 nitrogen and oxygen atoms in total. The summed E-state index contributed by atoms with van der Waals surface area (Å²) >= 11 is 5.62. The molecule has 0 aliphatic carbocycles. The van der Waals surface area contributed by atoms with Crippen LogP contribution in [-0.2, 0) is 6.54 Å². The lowest BCUT2D eigenvalue weighted by atomic mass is 10.2. The van der Waals surface area contributed by atoms with E-state index in [9.17, 15) is 4.79 Å². The summed E-state index contributed by atoms with van der Waals surface area (Å²) in [5, 5.41) is 0. The Morgan fingerprint density at radius 2 is 2.16 bits per heavy atom. The number of aromatic nitrogens is 1. The number of rotatable bonds is 3. The number of benzene rings is 1. The third-order valence-corrected chi connectivity index (χ3v) is 3.99. The summed E-state index contributed by atoms with van der Waals surface area (Å²) < 4.78 is 1.85. The van der Waals surface area contributed by atoms with Gasteiger partial charge in [0, 0.05) is 21.3 Å². The summed E-state index contributed by atoms with van der Waals surface area (Å²) in [4.78, 5) is 18.3. The van der Waals surface area contributed by atoms with Crippen molar-refractivity contribution in [3.05, 3.63) is 61.9 Å². The molecule has 0 fully saturated rings. The van der Waals surface area contributed by atoms with Gasteiger partial charge in [-0.25, -0.2) is 0 Å². The van der Waals surface area contributed by atoms with Gasteiger partial charge >= 0.3 is 0 Å². The lowest BCUT2D eigenvalue weighted by molar-refractivity contribution is 0.0782. The van der Waals surface area contributed by atoms with Gasteiger partial charge in [0.1, 0.15) is 0 Å². The Hall–Kier alpha value is -0.950. The number of carbonyl (C=O) groups is 1. The molecule has 98 valence electrons. The van der Waals surface area contributed by atoms with Crippen LogP contribution in [0.4, 0.5) is 0 Å². The molecule has 1 aromatic carbocycles. The van der Waals surface area contributed by atoms with Crippen LogP contribution < -0.4 is 0 Å². The fourth-order valence-corrected chi connectivity index (χ4v) is 2.58. The molecule has 1 amide bonds. The molecule has 0 unspecified atom stereocenters. The van der Waals surface area contributed by atoms with Gasteiger partial charge in [-0.1, -0.05) is 6.07 Å². The van der Waals surface area contributed by atoms with Crippen molar-refractivity contribution in [2.75, 3.05) is 7.05 Å². The molecular formula is C14H12BrIN2O. The molecule has 0 aliphatic heterocycles. The average Bonchev–Trinajstić information content (AvgIpc) is 2.42. The zero-order valence-electron chi connectivity index (χ0n) is 10.3. The van der Waals surface area contributed by atoms with Crippen LogP contribution in [0.1, 0.15) is 16.1 Å². The molecule has 0 saturated carbocycles. The van der Waals surface area contributed by atoms with Crippen molar-refractivity contribution < 1.29 is 4.79 Å². The Morgan fingerprint density at radius 1 is 1.37 bits per heavy atom. The predicted octanol–water partition coefficient (Wildman–Crippen LogP) is 3.72. The van der Waals surface area contributed by atoms with Crippen LogP contribution in [0.3, 0.4) is 0 Å². The smallest absolute Gasteiger partial charge is 0.255 e. The molecule has 0 N–H and O–H groups in total. The molecule has 5 heteroatoms. The molecule has 2 rings (SSSR count). The van der Waals surface area contributed by atoms with E-state index < -0.39 is 0 Å². The second kappa shape index (κ2) is 6.47. The first-order valence-electron chi connectivity index (χ1n) is 5.68. The van der Waals surface area contributed by atoms with Crippen molar-refractivity contribution in [2.24, 2.45) is 0 Å². The fraction of sp³-hybridized carbons (Fsp3) is 0.143. The Bertz CT molecular complexity index is 589. The molecule has 0 atom stereocenters. The lowest BCUT2D eigenvalue weighted by Crippen LogP contribution is -2.27. The average molecular weight is 431 g/mol. The first-order chi connectivity index (χ1) is 9.08. The van der Waals surface area contributed by atoms with E-state index in [1.54, 1.807) is 18.1 Å². The van der Waals surface area contributed by atoms with Crippen LogP contribution in [0.2, 0.25) is 0 Å². The van der Waals surface area contributed by atoms with Crippen molar-refractivity contribution in [3.63, 3.8) is 0 Å². The van der Waals surface area contributed by atoms with Gasteiger partial charge in [-0.2, -0.15) is 0 Å². The summed E-state index contributed by atoms with van der Waals surface area (Å²) in [6.07, 6.45) is 1.73. The van der Waals surface area contributed by atoms with Crippen molar-refractivity contribution in [1.82, 2.24) is 9.88 Å². The van der Waals surface area contributed by atoms with Crippen LogP contribution in [-0.4, -0.2) is 22.8 Å². The SMILES string of the molecule is CN(Cc1ccccn1)C(=O)c1cc(I)ccc1Br. The monoisotopic (exact) mass is 430 g/mol. The minimum absolute atomic E-state index is 0.0176. The van der Waals surface area contributed by atoms with E-state index >= 15 is 0 Å². The third-order valence-electron chi connectivity index (χ3n) is 2.63. The topological polar surface area (TPSA) is 33.2 Å². The summed E-state index contributed by atoms with van der Waals surface area (Å²) in [6.45, 7) is 0.498. The predicted molar refractivity (Wildman–Crippen MR) is 86.9 cm³/mol. The molecule has 0 radical (unpaired) electrons. The second-order valence-electron chi connectivity index (χ2n) is 4.11. The summed E-state index contributed by atoms with van der Waals surface area (Å²) in [5.74, 6) is -0.0176. The van der Waals surface area contributed by atoms with E-state index in [4.69, 9.17) is 0 Å². The highest BCUT2D eigenvalue weighted by Gasteiger charge is 2.15. The Labute approximate surface area is 134 Å². The normalized spacial score (nSPS) is 10.3. The first kappa shape index (κ1) is 14.5. The highest BCUT2D eigenvalue weighted by Crippen LogP contribution is 2.21. The van der Waals surface area contributed by atoms with E-state index in [0.717, 1.165) is 13.7 Å². The maximum atomic E-state index is 12.4. The minimum atomic E-state index is -0.0176. The quantitative estimate of drug-likeness (QED) is 0.695. The standard InChI is InChI=1S/C14H12BrIN2O/c1-18(9-11-4-2-3-7-17-11)14(19)12-8-10(16)5-6-13(12)15/h2-8H,9H2,1H3. The molecule has 0 bridgehead atoms. The van der Waals surface area contributed by atoms with Crippen molar-refractivity contribution >= 4 is 44.4 Å². The Balaban J connectivity index is 2.17. The highest BCUT2D eigenvalue weighted by molar-refractivity contribution is 14.1. The van der Waals surface area contributed by atoms with Crippen LogP contribution >= 0.6 is 38.5 Å². The number of amides is 1. The number of hydrogen-bond acceptors (Lipinski definition) is 2. The Kier molecular flexibility index (Phi) is 4.93. The van der Waals surface area contributed by atoms with Gasteiger partial charge in [-0.05, 0) is 68.9 Å². The number of pyridine rings is 1. The van der Waals surface area contributed by atoms with Crippen molar-refractivity contribution in [1.29, 1.82) is 0 Å². The van der Waals surface area contributed by atoms with Gasteiger partial charge in [-0.3, -0.25) is 9.78 Å². The van der Waals surface area contributed by atoms with Crippen molar-refractivity contribution in [2.45, 2.75) is 6.54 Å². The largest absolute Gasteiger partial charge is 0.336 e. The fourth-order valence-electron chi connectivity index (χ4n) is 1.67. The molecule has 0 aliphatic rings. The van der Waals surface area contributed by atoms with Gasteiger partial charge in [0.2, 0.25) is 0 Å². The molecule has 19 heavy (non-hydrogen) atoms. The molecule has 0 saturated heterocycles. The van der Waals surface area contributed by atoms with Crippen molar-refractivity contribution in [3.8, 4) is 0 Å². The number of carbonyl (C=O) groups excluding carboxylic acids is 1. The molecule has 0 spiro atoms. The second-order valence-corrected chi connectivity index (χ2v) is 6.21. The Morgan fingerprint density at radius 3 is 2.84 bits per heavy atom. The van der Waals surface area contributed by atoms with Crippen LogP contribution in [0.25, 0.3) is 0 Å². The van der Waals surface area contributed by atoms with Gasteiger partial charge in [0.15, 0.2) is 0 Å². The maximum absolute atomic E-state index is 12.4. The molecule has 2 aromatic rings. The van der Waals surface area contributed by atoms with Crippen LogP contribution in [0.5, 0.6) is 0 Å². The van der Waals surface area contributed by atoms with Crippen LogP contribution in [0.15, 0.2) is 47.1 Å². The summed E-state index contributed by atoms with van der Waals surface area (Å²) in [6, 6.07) is 11.4. The maximum Gasteiger partial charge on any atom is 0.255 e. The summed E-state index contributed by atoms with van der Waals surface area (Å²) in [7, 11) is 1.78. The minimum Gasteiger partial charge on any atom is -0.336 e. The molecular weight excluding hydrogens is 419 g/mol. The van der Waals surface area contributed by atoms with E-state index in [0.29, 0.717) is 12.1 Å². The van der Waals surface area contributed by atoms with E-state index in [1.807, 2.05) is 36.4 Å². The van der Waals surface area contributed by atoms with E-state index in [-0.39, 0.29) is 5.91 Å². The van der Waals surface area contributed by atoms with Crippen LogP contribution in [0, 0.1) is 3.57 Å². The zero-order chi connectivity index (χ0) is 13.8. The zero-order valence-corrected chi connectivity index (χ0v) is 14.1. The van der Waals surface area contributed by atoms with Gasteiger partial charge < -0.3 is 4.90 Å². The molecule has 1 heterocycles.